The number of nitrogens with two attached hydrogens (primary N) is 1. The molecule has 0 aliphatic rings. The van der Waals surface area contributed by atoms with Gasteiger partial charge in [0.2, 0.25) is 0 Å². The van der Waals surface area contributed by atoms with Crippen molar-refractivity contribution in [1.82, 2.24) is 9.78 Å². The molecule has 1 amide bonds. The zero-order valence-electron chi connectivity index (χ0n) is 20.1. The summed E-state index contributed by atoms with van der Waals surface area (Å²) in [5.41, 5.74) is 4.60. The number of rotatable bonds is 9. The Labute approximate surface area is 225 Å². The highest BCUT2D eigenvalue weighted by Gasteiger charge is 2.45. The molecule has 2 N–H and O–H groups in total. The molecule has 0 unspecified atom stereocenters. The van der Waals surface area contributed by atoms with Crippen LogP contribution in [0.4, 0.5) is 36.4 Å². The van der Waals surface area contributed by atoms with E-state index in [0.717, 1.165) is 30.3 Å². The van der Waals surface area contributed by atoms with Crippen molar-refractivity contribution in [2.45, 2.75) is 18.7 Å². The highest BCUT2D eigenvalue weighted by Crippen LogP contribution is 2.38. The predicted octanol–water partition coefficient (Wildman–Crippen LogP) is 4.98. The molecule has 0 radical (unpaired) electrons. The van der Waals surface area contributed by atoms with E-state index in [9.17, 15) is 40.3 Å². The standard InChI is InChI=1S/C23H18ClF7N4O5/c1-34-18(16(24)11-33-34)15-10-13(5-6-17(15)38-8-7-32)35(40-21(37)22(27,28)29)19(36)12-3-2-4-14(9-12)39-23(30,31)20(25)26/h2-6,9-11,20H,7-8,32H2,1H3. The first-order chi connectivity index (χ1) is 18.7. The number of anilines is 1. The summed E-state index contributed by atoms with van der Waals surface area (Å²) in [6.45, 7) is 0.0840. The molecule has 9 nitrogen and oxygen atoms in total. The quantitative estimate of drug-likeness (QED) is 0.273. The van der Waals surface area contributed by atoms with E-state index in [1.807, 2.05) is 0 Å². The first-order valence-corrected chi connectivity index (χ1v) is 11.3. The van der Waals surface area contributed by atoms with Gasteiger partial charge < -0.3 is 20.0 Å². The summed E-state index contributed by atoms with van der Waals surface area (Å²) < 4.78 is 102. The van der Waals surface area contributed by atoms with Crippen molar-refractivity contribution in [2.75, 3.05) is 18.2 Å². The van der Waals surface area contributed by atoms with Gasteiger partial charge >= 0.3 is 24.7 Å². The monoisotopic (exact) mass is 598 g/mol. The Morgan fingerprint density at radius 2 is 1.82 bits per heavy atom. The van der Waals surface area contributed by atoms with Crippen LogP contribution in [0.2, 0.25) is 5.02 Å². The second-order valence-electron chi connectivity index (χ2n) is 7.75. The number of hydroxylamine groups is 1. The Kier molecular flexibility index (Phi) is 9.14. The lowest BCUT2D eigenvalue weighted by atomic mass is 10.1. The van der Waals surface area contributed by atoms with Gasteiger partial charge in [-0.25, -0.2) is 4.79 Å². The van der Waals surface area contributed by atoms with Crippen molar-refractivity contribution in [3.8, 4) is 22.8 Å². The Morgan fingerprint density at radius 3 is 2.40 bits per heavy atom. The maximum absolute atomic E-state index is 13.4. The summed E-state index contributed by atoms with van der Waals surface area (Å²) in [5, 5.41) is 3.97. The lowest BCUT2D eigenvalue weighted by molar-refractivity contribution is -0.253. The van der Waals surface area contributed by atoms with E-state index in [0.29, 0.717) is 6.07 Å². The van der Waals surface area contributed by atoms with E-state index in [1.54, 1.807) is 0 Å². The topological polar surface area (TPSA) is 109 Å². The van der Waals surface area contributed by atoms with E-state index >= 15 is 0 Å². The van der Waals surface area contributed by atoms with Crippen molar-refractivity contribution < 1.29 is 54.6 Å². The SMILES string of the molecule is Cn1ncc(Cl)c1-c1cc(N(OC(=O)C(F)(F)F)C(=O)c2cccc(OC(F)(F)C(F)F)c2)ccc1OCCN. The number of aryl methyl sites for hydroxylation is 1. The van der Waals surface area contributed by atoms with Crippen LogP contribution in [-0.2, 0) is 16.7 Å². The van der Waals surface area contributed by atoms with Gasteiger partial charge in [-0.1, -0.05) is 17.7 Å². The third-order valence-electron chi connectivity index (χ3n) is 4.90. The van der Waals surface area contributed by atoms with Crippen LogP contribution in [0.3, 0.4) is 0 Å². The van der Waals surface area contributed by atoms with E-state index in [-0.39, 0.29) is 40.2 Å². The van der Waals surface area contributed by atoms with Gasteiger partial charge in [0, 0.05) is 24.7 Å². The maximum Gasteiger partial charge on any atom is 0.493 e. The number of alkyl halides is 7. The van der Waals surface area contributed by atoms with Gasteiger partial charge in [-0.3, -0.25) is 9.48 Å². The zero-order valence-corrected chi connectivity index (χ0v) is 20.9. The van der Waals surface area contributed by atoms with E-state index in [4.69, 9.17) is 22.1 Å². The number of carbonyl (C=O) groups is 2. The molecule has 216 valence electrons. The van der Waals surface area contributed by atoms with Gasteiger partial charge in [-0.2, -0.15) is 35.8 Å². The van der Waals surface area contributed by atoms with Gasteiger partial charge in [0.1, 0.15) is 18.1 Å². The number of carbonyl (C=O) groups excluding carboxylic acids is 2. The molecular formula is C23H18ClF7N4O5. The minimum atomic E-state index is -5.55. The number of amides is 1. The van der Waals surface area contributed by atoms with Crippen LogP contribution >= 0.6 is 11.6 Å². The Morgan fingerprint density at radius 1 is 1.12 bits per heavy atom. The van der Waals surface area contributed by atoms with Gasteiger partial charge in [0.15, 0.2) is 0 Å². The molecule has 0 atom stereocenters. The summed E-state index contributed by atoms with van der Waals surface area (Å²) in [4.78, 5) is 29.3. The molecule has 2 aromatic carbocycles. The van der Waals surface area contributed by atoms with Crippen molar-refractivity contribution >= 4 is 29.2 Å². The Balaban J connectivity index is 2.12. The minimum Gasteiger partial charge on any atom is -0.492 e. The van der Waals surface area contributed by atoms with Crippen molar-refractivity contribution in [1.29, 1.82) is 0 Å². The summed E-state index contributed by atoms with van der Waals surface area (Å²) in [6.07, 6.45) is -13.5. The van der Waals surface area contributed by atoms with Crippen LogP contribution in [-0.4, -0.2) is 53.5 Å². The predicted molar refractivity (Wildman–Crippen MR) is 125 cm³/mol. The molecule has 1 heterocycles. The molecule has 17 heteroatoms. The van der Waals surface area contributed by atoms with Crippen LogP contribution in [0.25, 0.3) is 11.3 Å². The summed E-state index contributed by atoms with van der Waals surface area (Å²) in [5.74, 6) is -5.10. The molecule has 0 saturated carbocycles. The molecular weight excluding hydrogens is 581 g/mol. The average Bonchev–Trinajstić information content (AvgIpc) is 3.22. The van der Waals surface area contributed by atoms with Gasteiger partial charge in [0.05, 0.1) is 22.6 Å². The third kappa shape index (κ3) is 6.93. The number of ether oxygens (including phenoxy) is 2. The average molecular weight is 599 g/mol. The van der Waals surface area contributed by atoms with Crippen LogP contribution in [0.1, 0.15) is 10.4 Å². The normalized spacial score (nSPS) is 11.9. The lowest BCUT2D eigenvalue weighted by Crippen LogP contribution is -2.39. The molecule has 0 aliphatic carbocycles. The molecule has 0 saturated heterocycles. The van der Waals surface area contributed by atoms with Crippen LogP contribution < -0.4 is 20.3 Å². The number of hydrogen-bond donors (Lipinski definition) is 1. The van der Waals surface area contributed by atoms with Crippen LogP contribution in [0, 0.1) is 0 Å². The minimum absolute atomic E-state index is 0.00354. The number of nitrogens with zero attached hydrogens (tertiary/aromatic N) is 3. The fourth-order valence-electron chi connectivity index (χ4n) is 3.20. The number of hydrogen-bond acceptors (Lipinski definition) is 7. The fraction of sp³-hybridized carbons (Fsp3) is 0.261. The number of aromatic nitrogens is 2. The molecule has 1 aromatic heterocycles. The largest absolute Gasteiger partial charge is 0.493 e. The summed E-state index contributed by atoms with van der Waals surface area (Å²) in [7, 11) is 1.48. The number of benzene rings is 2. The van der Waals surface area contributed by atoms with Crippen molar-refractivity contribution in [3.05, 3.63) is 59.2 Å². The fourth-order valence-corrected chi connectivity index (χ4v) is 3.46. The van der Waals surface area contributed by atoms with Crippen molar-refractivity contribution in [2.24, 2.45) is 12.8 Å². The number of halogens is 8. The smallest absolute Gasteiger partial charge is 0.492 e. The van der Waals surface area contributed by atoms with E-state index in [1.165, 1.54) is 24.0 Å². The second-order valence-corrected chi connectivity index (χ2v) is 8.16. The molecule has 3 rings (SSSR count). The molecule has 0 spiro atoms. The summed E-state index contributed by atoms with van der Waals surface area (Å²) >= 11 is 6.21. The van der Waals surface area contributed by atoms with Crippen molar-refractivity contribution in [3.63, 3.8) is 0 Å². The second kappa shape index (κ2) is 12.0. The van der Waals surface area contributed by atoms with Gasteiger partial charge in [-0.05, 0) is 36.4 Å². The molecule has 0 fully saturated rings. The van der Waals surface area contributed by atoms with E-state index < -0.39 is 47.6 Å². The van der Waals surface area contributed by atoms with Gasteiger partial charge in [-0.15, -0.1) is 5.06 Å². The van der Waals surface area contributed by atoms with Crippen LogP contribution in [0.15, 0.2) is 48.7 Å². The molecule has 0 bridgehead atoms. The van der Waals surface area contributed by atoms with Crippen LogP contribution in [0.5, 0.6) is 11.5 Å². The molecule has 3 aromatic rings. The molecule has 40 heavy (non-hydrogen) atoms. The first kappa shape index (κ1) is 30.5. The Hall–Kier alpha value is -4.05. The Bertz CT molecular complexity index is 1360. The maximum atomic E-state index is 13.4. The third-order valence-corrected chi connectivity index (χ3v) is 5.18. The first-order valence-electron chi connectivity index (χ1n) is 10.9. The lowest BCUT2D eigenvalue weighted by Gasteiger charge is -2.23. The highest BCUT2D eigenvalue weighted by atomic mass is 35.5. The van der Waals surface area contributed by atoms with Gasteiger partial charge in [0.25, 0.3) is 5.91 Å². The van der Waals surface area contributed by atoms with E-state index in [2.05, 4.69) is 14.7 Å². The highest BCUT2D eigenvalue weighted by molar-refractivity contribution is 6.33. The molecule has 0 aliphatic heterocycles. The zero-order chi connectivity index (χ0) is 29.8. The summed E-state index contributed by atoms with van der Waals surface area (Å²) in [6, 6.07) is 6.55.